The number of methoxy groups -OCH3 is 1. The fraction of sp³-hybridized carbons (Fsp3) is 0.818. The van der Waals surface area contributed by atoms with Crippen LogP contribution >= 0.6 is 0 Å². The second kappa shape index (κ2) is 2.97. The number of rotatable bonds is 1. The smallest absolute Gasteiger partial charge is 0.331 e. The van der Waals surface area contributed by atoms with Crippen molar-refractivity contribution in [3.05, 3.63) is 0 Å². The number of esters is 1. The maximum Gasteiger partial charge on any atom is 0.331 e. The average molecular weight is 211 g/mol. The summed E-state index contributed by atoms with van der Waals surface area (Å²) in [5.41, 5.74) is -1.08. The first-order valence-corrected chi connectivity index (χ1v) is 5.33. The lowest BCUT2D eigenvalue weighted by atomic mass is 9.73. The normalized spacial score (nSPS) is 37.3. The molecule has 0 unspecified atom stereocenters. The van der Waals surface area contributed by atoms with Gasteiger partial charge in [-0.05, 0) is 25.2 Å². The van der Waals surface area contributed by atoms with Crippen LogP contribution in [0, 0.1) is 11.3 Å². The van der Waals surface area contributed by atoms with Gasteiger partial charge in [-0.3, -0.25) is 4.79 Å². The van der Waals surface area contributed by atoms with E-state index in [0.29, 0.717) is 12.3 Å². The molecule has 0 aromatic rings. The summed E-state index contributed by atoms with van der Waals surface area (Å²) in [6.45, 7) is 3.89. The molecule has 0 radical (unpaired) electrons. The van der Waals surface area contributed by atoms with E-state index in [1.54, 1.807) is 0 Å². The second-order valence-corrected chi connectivity index (χ2v) is 5.19. The van der Waals surface area contributed by atoms with E-state index in [2.05, 4.69) is 5.32 Å². The van der Waals surface area contributed by atoms with Crippen molar-refractivity contribution in [1.82, 2.24) is 5.32 Å². The summed E-state index contributed by atoms with van der Waals surface area (Å²) in [7, 11) is 1.37. The zero-order valence-corrected chi connectivity index (χ0v) is 9.42. The molecule has 2 atom stereocenters. The van der Waals surface area contributed by atoms with Crippen molar-refractivity contribution >= 4 is 11.9 Å². The summed E-state index contributed by atoms with van der Waals surface area (Å²) in [6.07, 6.45) is 2.35. The molecule has 0 aromatic heterocycles. The van der Waals surface area contributed by atoms with Gasteiger partial charge in [0.05, 0.1) is 7.11 Å². The van der Waals surface area contributed by atoms with Gasteiger partial charge in [-0.25, -0.2) is 4.79 Å². The summed E-state index contributed by atoms with van der Waals surface area (Å²) in [4.78, 5) is 23.5. The maximum absolute atomic E-state index is 11.9. The summed E-state index contributed by atoms with van der Waals surface area (Å²) < 4.78 is 4.77. The topological polar surface area (TPSA) is 55.4 Å². The van der Waals surface area contributed by atoms with Gasteiger partial charge in [-0.15, -0.1) is 0 Å². The van der Waals surface area contributed by atoms with E-state index in [1.165, 1.54) is 7.11 Å². The van der Waals surface area contributed by atoms with Gasteiger partial charge in [0.15, 0.2) is 0 Å². The van der Waals surface area contributed by atoms with E-state index in [4.69, 9.17) is 4.74 Å². The Hall–Kier alpha value is -1.06. The lowest BCUT2D eigenvalue weighted by molar-refractivity contribution is -0.155. The number of fused-ring (bicyclic) bond motifs is 2. The molecule has 1 aliphatic carbocycles. The number of ether oxygens (including phenoxy) is 1. The van der Waals surface area contributed by atoms with Crippen LogP contribution in [-0.4, -0.2) is 24.5 Å². The minimum Gasteiger partial charge on any atom is -0.467 e. The molecule has 2 fully saturated rings. The van der Waals surface area contributed by atoms with Crippen LogP contribution in [0.15, 0.2) is 0 Å². The Balaban J connectivity index is 2.30. The quantitative estimate of drug-likeness (QED) is 0.654. The lowest BCUT2D eigenvalue weighted by Crippen LogP contribution is -2.60. The molecule has 1 saturated carbocycles. The highest BCUT2D eigenvalue weighted by Gasteiger charge is 2.58. The predicted octanol–water partition coefficient (Wildman–Crippen LogP) is 0.854. The van der Waals surface area contributed by atoms with Crippen molar-refractivity contribution in [2.24, 2.45) is 11.3 Å². The molecule has 0 aromatic carbocycles. The van der Waals surface area contributed by atoms with E-state index < -0.39 is 5.54 Å². The van der Waals surface area contributed by atoms with Gasteiger partial charge in [0.1, 0.15) is 5.54 Å². The standard InChI is InChI=1S/C11H17NO3/c1-10(2)7-4-5-11(6-7,9(14)15-3)12-8(10)13/h7H,4-6H2,1-3H3,(H,12,13)/t7-,11+/m1/s1. The largest absolute Gasteiger partial charge is 0.467 e. The molecule has 84 valence electrons. The monoisotopic (exact) mass is 211 g/mol. The highest BCUT2D eigenvalue weighted by molar-refractivity contribution is 5.93. The van der Waals surface area contributed by atoms with E-state index in [1.807, 2.05) is 13.8 Å². The van der Waals surface area contributed by atoms with Crippen molar-refractivity contribution in [2.75, 3.05) is 7.11 Å². The van der Waals surface area contributed by atoms with Crippen molar-refractivity contribution in [2.45, 2.75) is 38.6 Å². The van der Waals surface area contributed by atoms with Crippen LogP contribution in [0.25, 0.3) is 0 Å². The van der Waals surface area contributed by atoms with E-state index >= 15 is 0 Å². The molecule has 2 rings (SSSR count). The molecule has 1 saturated heterocycles. The second-order valence-electron chi connectivity index (χ2n) is 5.19. The first-order chi connectivity index (χ1) is 6.92. The van der Waals surface area contributed by atoms with Crippen LogP contribution in [0.2, 0.25) is 0 Å². The van der Waals surface area contributed by atoms with Crippen molar-refractivity contribution in [3.8, 4) is 0 Å². The Morgan fingerprint density at radius 3 is 2.80 bits per heavy atom. The minimum atomic E-state index is -0.730. The van der Waals surface area contributed by atoms with Crippen LogP contribution in [0.1, 0.15) is 33.1 Å². The van der Waals surface area contributed by atoms with E-state index in [-0.39, 0.29) is 17.3 Å². The zero-order chi connectivity index (χ0) is 11.3. The molecule has 2 bridgehead atoms. The van der Waals surface area contributed by atoms with Gasteiger partial charge < -0.3 is 10.1 Å². The lowest BCUT2D eigenvalue weighted by Gasteiger charge is -2.40. The Kier molecular flexibility index (Phi) is 2.07. The van der Waals surface area contributed by atoms with Crippen molar-refractivity contribution in [1.29, 1.82) is 0 Å². The molecule has 15 heavy (non-hydrogen) atoms. The fourth-order valence-electron chi connectivity index (χ4n) is 2.77. The van der Waals surface area contributed by atoms with Crippen LogP contribution in [0.5, 0.6) is 0 Å². The molecule has 0 spiro atoms. The molecule has 2 aliphatic rings. The maximum atomic E-state index is 11.9. The number of piperidine rings is 1. The van der Waals surface area contributed by atoms with Crippen LogP contribution in [0.4, 0.5) is 0 Å². The van der Waals surface area contributed by atoms with Gasteiger partial charge in [-0.2, -0.15) is 0 Å². The van der Waals surface area contributed by atoms with Gasteiger partial charge >= 0.3 is 5.97 Å². The van der Waals surface area contributed by atoms with Gasteiger partial charge in [0.25, 0.3) is 0 Å². The summed E-state index contributed by atoms with van der Waals surface area (Å²) in [5, 5.41) is 2.85. The molecule has 1 heterocycles. The summed E-state index contributed by atoms with van der Waals surface area (Å²) >= 11 is 0. The van der Waals surface area contributed by atoms with Gasteiger partial charge in [0, 0.05) is 5.41 Å². The summed E-state index contributed by atoms with van der Waals surface area (Å²) in [6, 6.07) is 0. The summed E-state index contributed by atoms with van der Waals surface area (Å²) in [5.74, 6) is -0.0270. The average Bonchev–Trinajstić information content (AvgIpc) is 2.58. The van der Waals surface area contributed by atoms with Crippen LogP contribution in [0.3, 0.4) is 0 Å². The SMILES string of the molecule is COC(=O)[C@]12CC[C@H](C1)C(C)(C)C(=O)N2. The van der Waals surface area contributed by atoms with Crippen LogP contribution in [-0.2, 0) is 14.3 Å². The van der Waals surface area contributed by atoms with Crippen molar-refractivity contribution < 1.29 is 14.3 Å². The minimum absolute atomic E-state index is 0.0262. The number of hydrogen-bond acceptors (Lipinski definition) is 3. The molecule has 1 N–H and O–H groups in total. The third kappa shape index (κ3) is 1.27. The highest BCUT2D eigenvalue weighted by Crippen LogP contribution is 2.49. The molecule has 1 aliphatic heterocycles. The first kappa shape index (κ1) is 10.5. The number of nitrogens with one attached hydrogen (secondary N) is 1. The fourth-order valence-corrected chi connectivity index (χ4v) is 2.77. The highest BCUT2D eigenvalue weighted by atomic mass is 16.5. The Morgan fingerprint density at radius 1 is 1.53 bits per heavy atom. The molecule has 4 nitrogen and oxygen atoms in total. The molecular formula is C11H17NO3. The Labute approximate surface area is 89.4 Å². The molecule has 4 heteroatoms. The number of hydrogen-bond donors (Lipinski definition) is 1. The zero-order valence-electron chi connectivity index (χ0n) is 9.42. The third-order valence-corrected chi connectivity index (χ3v) is 4.05. The van der Waals surface area contributed by atoms with E-state index in [9.17, 15) is 9.59 Å². The first-order valence-electron chi connectivity index (χ1n) is 5.33. The number of carbonyl (C=O) groups is 2. The molecule has 1 amide bonds. The number of amides is 1. The third-order valence-electron chi connectivity index (χ3n) is 4.05. The number of carbonyl (C=O) groups excluding carboxylic acids is 2. The van der Waals surface area contributed by atoms with E-state index in [0.717, 1.165) is 12.8 Å². The van der Waals surface area contributed by atoms with Gasteiger partial charge in [0.2, 0.25) is 5.91 Å². The van der Waals surface area contributed by atoms with Crippen LogP contribution < -0.4 is 5.32 Å². The van der Waals surface area contributed by atoms with Gasteiger partial charge in [-0.1, -0.05) is 13.8 Å². The Bertz CT molecular complexity index is 324. The molecular weight excluding hydrogens is 194 g/mol. The van der Waals surface area contributed by atoms with Crippen molar-refractivity contribution in [3.63, 3.8) is 0 Å². The predicted molar refractivity (Wildman–Crippen MR) is 54.0 cm³/mol. The Morgan fingerprint density at radius 2 is 2.20 bits per heavy atom.